The Balaban J connectivity index is 1.86. The second-order valence-electron chi connectivity index (χ2n) is 8.81. The summed E-state index contributed by atoms with van der Waals surface area (Å²) in [4.78, 5) is 20.0. The first-order valence-electron chi connectivity index (χ1n) is 10.1. The van der Waals surface area contributed by atoms with Crippen molar-refractivity contribution in [3.8, 4) is 0 Å². The number of aliphatic imine (C=N–C) groups is 1. The summed E-state index contributed by atoms with van der Waals surface area (Å²) in [6.45, 7) is 2.96. The van der Waals surface area contributed by atoms with Crippen LogP contribution in [0.5, 0.6) is 0 Å². The van der Waals surface area contributed by atoms with Gasteiger partial charge >= 0.3 is 6.18 Å². The van der Waals surface area contributed by atoms with Crippen LogP contribution in [0.3, 0.4) is 0 Å². The highest BCUT2D eigenvalue weighted by atomic mass is 19.4. The van der Waals surface area contributed by atoms with Crippen LogP contribution in [0.15, 0.2) is 23.2 Å². The number of halogens is 3. The molecule has 158 valence electrons. The zero-order valence-corrected chi connectivity index (χ0v) is 17.3. The minimum atomic E-state index is -4.33. The number of fused-ring (bicyclic) bond motifs is 3. The Morgan fingerprint density at radius 2 is 1.93 bits per heavy atom. The van der Waals surface area contributed by atoms with Crippen molar-refractivity contribution in [3.63, 3.8) is 0 Å². The molecule has 1 fully saturated rings. The molecule has 2 atom stereocenters. The van der Waals surface area contributed by atoms with Crippen molar-refractivity contribution in [2.24, 2.45) is 10.4 Å². The van der Waals surface area contributed by atoms with Crippen LogP contribution in [0, 0.1) is 5.41 Å². The minimum absolute atomic E-state index is 0.124. The average molecular weight is 408 g/mol. The van der Waals surface area contributed by atoms with E-state index >= 15 is 0 Å². The molecule has 2 spiro atoms. The maximum atomic E-state index is 13.6. The number of methoxy groups -OCH3 is 1. The van der Waals surface area contributed by atoms with E-state index < -0.39 is 23.0 Å². The summed E-state index contributed by atoms with van der Waals surface area (Å²) in [5.74, 6) is -1.10. The number of rotatable bonds is 2. The van der Waals surface area contributed by atoms with Crippen molar-refractivity contribution >= 4 is 11.7 Å². The monoisotopic (exact) mass is 408 g/mol. The Hall–Kier alpha value is -1.89. The number of carbonyl (C=O) groups is 1. The average Bonchev–Trinajstić information content (AvgIpc) is 3.08. The highest BCUT2D eigenvalue weighted by molar-refractivity contribution is 6.08. The summed E-state index contributed by atoms with van der Waals surface area (Å²) >= 11 is 0. The lowest BCUT2D eigenvalue weighted by atomic mass is 9.61. The molecule has 7 heteroatoms. The summed E-state index contributed by atoms with van der Waals surface area (Å²) < 4.78 is 45.6. The Morgan fingerprint density at radius 3 is 2.45 bits per heavy atom. The first-order valence-corrected chi connectivity index (χ1v) is 10.1. The minimum Gasteiger partial charge on any atom is -0.381 e. The van der Waals surface area contributed by atoms with E-state index in [1.54, 1.807) is 44.2 Å². The van der Waals surface area contributed by atoms with E-state index in [4.69, 9.17) is 9.73 Å². The lowest BCUT2D eigenvalue weighted by Gasteiger charge is -2.45. The molecule has 4 rings (SSSR count). The summed E-state index contributed by atoms with van der Waals surface area (Å²) in [7, 11) is 3.40. The fourth-order valence-corrected chi connectivity index (χ4v) is 5.52. The van der Waals surface area contributed by atoms with Crippen molar-refractivity contribution < 1.29 is 22.7 Å². The molecule has 3 aliphatic rings. The number of amidine groups is 1. The third-order valence-electron chi connectivity index (χ3n) is 7.46. The fraction of sp³-hybridized carbons (Fsp3) is 0.636. The van der Waals surface area contributed by atoms with Gasteiger partial charge in [0.15, 0.2) is 5.54 Å². The normalized spacial score (nSPS) is 32.8. The van der Waals surface area contributed by atoms with Gasteiger partial charge in [-0.15, -0.1) is 0 Å². The number of hydrogen-bond donors (Lipinski definition) is 0. The molecule has 1 aliphatic heterocycles. The molecular formula is C22H27F3N2O2. The van der Waals surface area contributed by atoms with Crippen LogP contribution >= 0.6 is 0 Å². The molecule has 1 aromatic rings. The van der Waals surface area contributed by atoms with Crippen molar-refractivity contribution in [1.29, 1.82) is 0 Å². The predicted octanol–water partition coefficient (Wildman–Crippen LogP) is 4.57. The van der Waals surface area contributed by atoms with Gasteiger partial charge in [0.1, 0.15) is 5.84 Å². The molecule has 0 saturated heterocycles. The van der Waals surface area contributed by atoms with Gasteiger partial charge in [0, 0.05) is 19.6 Å². The second kappa shape index (κ2) is 6.56. The smallest absolute Gasteiger partial charge is 0.381 e. The van der Waals surface area contributed by atoms with Crippen LogP contribution in [0.2, 0.25) is 0 Å². The quantitative estimate of drug-likeness (QED) is 0.719. The highest BCUT2D eigenvalue weighted by Crippen LogP contribution is 2.62. The van der Waals surface area contributed by atoms with Gasteiger partial charge in [0.25, 0.3) is 5.91 Å². The van der Waals surface area contributed by atoms with E-state index in [1.807, 2.05) is 0 Å². The molecule has 4 nitrogen and oxygen atoms in total. The van der Waals surface area contributed by atoms with Crippen molar-refractivity contribution in [2.75, 3.05) is 14.2 Å². The van der Waals surface area contributed by atoms with Gasteiger partial charge in [-0.05, 0) is 62.6 Å². The molecule has 0 radical (unpaired) electrons. The number of amides is 1. The van der Waals surface area contributed by atoms with Gasteiger partial charge in [-0.2, -0.15) is 13.2 Å². The van der Waals surface area contributed by atoms with Crippen molar-refractivity contribution in [3.05, 3.63) is 34.9 Å². The van der Waals surface area contributed by atoms with Crippen molar-refractivity contribution in [1.82, 2.24) is 4.90 Å². The van der Waals surface area contributed by atoms with E-state index in [0.717, 1.165) is 31.2 Å². The first kappa shape index (κ1) is 20.4. The predicted molar refractivity (Wildman–Crippen MR) is 104 cm³/mol. The van der Waals surface area contributed by atoms with Crippen LogP contribution in [-0.2, 0) is 21.5 Å². The number of likely N-dealkylation sites (N-methyl/N-ethyl adjacent to an activating group) is 1. The Labute approximate surface area is 169 Å². The number of carbonyl (C=O) groups excluding carboxylic acids is 1. The highest BCUT2D eigenvalue weighted by Gasteiger charge is 2.66. The Kier molecular flexibility index (Phi) is 4.61. The maximum absolute atomic E-state index is 13.6. The van der Waals surface area contributed by atoms with Crippen LogP contribution in [-0.4, -0.2) is 43.1 Å². The third-order valence-corrected chi connectivity index (χ3v) is 7.46. The summed E-state index contributed by atoms with van der Waals surface area (Å²) in [6.07, 6.45) is -0.338. The van der Waals surface area contributed by atoms with Gasteiger partial charge in [-0.25, -0.2) is 0 Å². The van der Waals surface area contributed by atoms with Gasteiger partial charge < -0.3 is 9.64 Å². The third kappa shape index (κ3) is 2.76. The number of hydrogen-bond acceptors (Lipinski definition) is 3. The molecule has 29 heavy (non-hydrogen) atoms. The Morgan fingerprint density at radius 1 is 1.28 bits per heavy atom. The molecule has 1 amide bonds. The van der Waals surface area contributed by atoms with Gasteiger partial charge in [0.2, 0.25) is 0 Å². The Bertz CT molecular complexity index is 871. The van der Waals surface area contributed by atoms with E-state index in [1.165, 1.54) is 6.92 Å². The zero-order chi connectivity index (χ0) is 21.2. The molecular weight excluding hydrogens is 381 g/mol. The van der Waals surface area contributed by atoms with Crippen LogP contribution < -0.4 is 0 Å². The van der Waals surface area contributed by atoms with E-state index in [9.17, 15) is 18.0 Å². The standard InChI is InChI=1S/C22H27F3N2O2/c1-13(22(23,24)25)15-5-6-16-12-20(9-7-17(29-4)8-10-20)21(18(16)11-15)19(28)27(3)14(2)26-21/h5-6,11,13,17H,7-10,12H2,1-4H3. The molecule has 1 aromatic carbocycles. The summed E-state index contributed by atoms with van der Waals surface area (Å²) in [6, 6.07) is 4.94. The lowest BCUT2D eigenvalue weighted by Crippen LogP contribution is -2.51. The van der Waals surface area contributed by atoms with Gasteiger partial charge in [-0.3, -0.25) is 9.79 Å². The molecule has 1 heterocycles. The molecule has 2 unspecified atom stereocenters. The number of ether oxygens (including phenoxy) is 1. The molecule has 0 aromatic heterocycles. The van der Waals surface area contributed by atoms with Crippen molar-refractivity contribution in [2.45, 2.75) is 69.7 Å². The van der Waals surface area contributed by atoms with Crippen LogP contribution in [0.1, 0.15) is 62.1 Å². The first-order chi connectivity index (χ1) is 13.6. The van der Waals surface area contributed by atoms with Gasteiger partial charge in [-0.1, -0.05) is 18.2 Å². The number of alkyl halides is 3. The molecule has 0 N–H and O–H groups in total. The topological polar surface area (TPSA) is 41.9 Å². The van der Waals surface area contributed by atoms with E-state index in [0.29, 0.717) is 17.8 Å². The fourth-order valence-electron chi connectivity index (χ4n) is 5.52. The summed E-state index contributed by atoms with van der Waals surface area (Å²) in [5, 5.41) is 0. The SMILES string of the molecule is COC1CCC2(CC1)Cc1ccc(C(C)C(F)(F)F)cc1C21N=C(C)N(C)C1=O. The second-order valence-corrected chi connectivity index (χ2v) is 8.81. The van der Waals surface area contributed by atoms with E-state index in [2.05, 4.69) is 0 Å². The molecule has 1 saturated carbocycles. The van der Waals surface area contributed by atoms with E-state index in [-0.39, 0.29) is 17.6 Å². The maximum Gasteiger partial charge on any atom is 0.395 e. The zero-order valence-electron chi connectivity index (χ0n) is 17.3. The number of benzene rings is 1. The largest absolute Gasteiger partial charge is 0.395 e. The molecule has 0 bridgehead atoms. The lowest BCUT2D eigenvalue weighted by molar-refractivity contribution is -0.146. The number of nitrogens with zero attached hydrogens (tertiary/aromatic N) is 2. The summed E-state index contributed by atoms with van der Waals surface area (Å²) in [5.41, 5.74) is 0.262. The molecule has 2 aliphatic carbocycles. The van der Waals surface area contributed by atoms with Gasteiger partial charge in [0.05, 0.1) is 12.0 Å². The van der Waals surface area contributed by atoms with Crippen LogP contribution in [0.4, 0.5) is 13.2 Å². The van der Waals surface area contributed by atoms with Crippen LogP contribution in [0.25, 0.3) is 0 Å².